The van der Waals surface area contributed by atoms with Gasteiger partial charge in [-0.1, -0.05) is 0 Å². The predicted octanol–water partition coefficient (Wildman–Crippen LogP) is 0.359. The summed E-state index contributed by atoms with van der Waals surface area (Å²) < 4.78 is 5.03. The summed E-state index contributed by atoms with van der Waals surface area (Å²) in [5, 5.41) is 31.9. The number of H-pyrrole nitrogens is 1. The van der Waals surface area contributed by atoms with Gasteiger partial charge in [0.1, 0.15) is 29.5 Å². The van der Waals surface area contributed by atoms with Crippen LogP contribution in [0, 0.1) is 6.92 Å². The molecule has 2 heterocycles. The van der Waals surface area contributed by atoms with Gasteiger partial charge in [0.25, 0.3) is 11.4 Å². The van der Waals surface area contributed by atoms with E-state index in [4.69, 9.17) is 4.74 Å². The Labute approximate surface area is 253 Å². The van der Waals surface area contributed by atoms with Crippen molar-refractivity contribution in [3.8, 4) is 11.6 Å². The van der Waals surface area contributed by atoms with Gasteiger partial charge in [0.2, 0.25) is 11.8 Å². The number of nitrogens with one attached hydrogen (secondary N) is 3. The number of hydrogen-bond acceptors (Lipinski definition) is 13. The standard InChI is InChI=1S/C25H32N6O10S2/c1-11-27-15(7-21(36)28-11)19(42-9-16(24(37)38)29-12(2)32)5-14(34)6-20(22-26-8-18(35)23(31-22)41-4)43-10-17(25(39)40)30-13(3)33/h7-8,16-17,19-20,35H,5-6,9-10H2,1-4H3,(H,29,32)(H,30,33)(H,37,38)(H,39,40)(H,27,28,36)/t16-,17-,19?,20?/m0/s1. The first kappa shape index (κ1) is 35.0. The van der Waals surface area contributed by atoms with Crippen LogP contribution in [0.4, 0.5) is 0 Å². The molecule has 234 valence electrons. The molecule has 2 aromatic heterocycles. The first-order chi connectivity index (χ1) is 20.2. The van der Waals surface area contributed by atoms with E-state index in [1.165, 1.54) is 27.0 Å². The second-order valence-corrected chi connectivity index (χ2v) is 11.6. The number of ketones is 1. The Bertz CT molecular complexity index is 1400. The number of aliphatic carboxylic acids is 2. The number of nitrogens with zero attached hydrogens (tertiary/aromatic N) is 3. The molecule has 0 spiro atoms. The molecule has 18 heteroatoms. The summed E-state index contributed by atoms with van der Waals surface area (Å²) in [7, 11) is 1.26. The number of carboxylic acids is 2. The summed E-state index contributed by atoms with van der Waals surface area (Å²) in [5.74, 6) is -4.63. The van der Waals surface area contributed by atoms with Crippen LogP contribution in [0.15, 0.2) is 17.1 Å². The minimum atomic E-state index is -1.30. The average Bonchev–Trinajstić information content (AvgIpc) is 2.90. The van der Waals surface area contributed by atoms with E-state index in [1.54, 1.807) is 6.92 Å². The van der Waals surface area contributed by atoms with E-state index in [0.29, 0.717) is 0 Å². The van der Waals surface area contributed by atoms with E-state index < -0.39 is 57.7 Å². The van der Waals surface area contributed by atoms with Gasteiger partial charge in [-0.25, -0.2) is 19.6 Å². The Balaban J connectivity index is 2.37. The van der Waals surface area contributed by atoms with Crippen molar-refractivity contribution < 1.29 is 44.0 Å². The molecule has 2 amide bonds. The van der Waals surface area contributed by atoms with Crippen LogP contribution in [0.3, 0.4) is 0 Å². The number of carboxylic acid groups (broad SMARTS) is 2. The van der Waals surface area contributed by atoms with Crippen LogP contribution in [0.1, 0.15) is 54.5 Å². The Kier molecular flexibility index (Phi) is 13.4. The topological polar surface area (TPSA) is 251 Å². The molecule has 16 nitrogen and oxygen atoms in total. The van der Waals surface area contributed by atoms with Crippen LogP contribution in [0.5, 0.6) is 11.6 Å². The van der Waals surface area contributed by atoms with Crippen molar-refractivity contribution in [3.63, 3.8) is 0 Å². The SMILES string of the molecule is COc1nc(C(CC(=O)CC(SC[C@H](NC(C)=O)C(=O)O)c2cc(=O)[nH]c(C)n2)SC[C@H](NC(C)=O)C(=O)O)ncc1O. The summed E-state index contributed by atoms with van der Waals surface area (Å²) in [5.41, 5.74) is -0.261. The number of carbonyl (C=O) groups is 5. The fourth-order valence-electron chi connectivity index (χ4n) is 3.68. The Morgan fingerprint density at radius 3 is 1.98 bits per heavy atom. The number of amides is 2. The van der Waals surface area contributed by atoms with Crippen molar-refractivity contribution >= 4 is 53.1 Å². The van der Waals surface area contributed by atoms with Gasteiger partial charge in [-0.15, -0.1) is 23.5 Å². The lowest BCUT2D eigenvalue weighted by atomic mass is 10.1. The molecule has 2 aromatic rings. The molecule has 0 radical (unpaired) electrons. The number of carbonyl (C=O) groups excluding carboxylic acids is 3. The van der Waals surface area contributed by atoms with Crippen LogP contribution in [-0.4, -0.2) is 95.5 Å². The fourth-order valence-corrected chi connectivity index (χ4v) is 6.14. The van der Waals surface area contributed by atoms with E-state index in [1.807, 2.05) is 0 Å². The van der Waals surface area contributed by atoms with Crippen molar-refractivity contribution in [3.05, 3.63) is 40.0 Å². The summed E-state index contributed by atoms with van der Waals surface area (Å²) in [6.45, 7) is 3.88. The maximum Gasteiger partial charge on any atom is 0.327 e. The molecular formula is C25H32N6O10S2. The quantitative estimate of drug-likeness (QED) is 0.136. The molecule has 6 N–H and O–H groups in total. The Morgan fingerprint density at radius 2 is 1.49 bits per heavy atom. The number of aromatic hydroxyl groups is 1. The highest BCUT2D eigenvalue weighted by molar-refractivity contribution is 7.99. The van der Waals surface area contributed by atoms with Crippen LogP contribution < -0.4 is 20.9 Å². The molecule has 0 aliphatic rings. The van der Waals surface area contributed by atoms with Gasteiger partial charge in [-0.2, -0.15) is 4.98 Å². The second kappa shape index (κ2) is 16.4. The van der Waals surface area contributed by atoms with Crippen molar-refractivity contribution in [1.29, 1.82) is 0 Å². The minimum Gasteiger partial charge on any atom is -0.502 e. The molecule has 0 saturated carbocycles. The third-order valence-corrected chi connectivity index (χ3v) is 8.19. The first-order valence-electron chi connectivity index (χ1n) is 12.6. The summed E-state index contributed by atoms with van der Waals surface area (Å²) in [6.07, 6.45) is 0.586. The number of Topliss-reactive ketones (excluding diaryl/α,β-unsaturated/α-hetero) is 1. The molecule has 0 saturated heterocycles. The number of methoxy groups -OCH3 is 1. The Hall–Kier alpha value is -4.19. The summed E-state index contributed by atoms with van der Waals surface area (Å²) >= 11 is 1.99. The lowest BCUT2D eigenvalue weighted by molar-refractivity contribution is -0.141. The Morgan fingerprint density at radius 1 is 0.953 bits per heavy atom. The third-order valence-electron chi connectivity index (χ3n) is 5.55. The van der Waals surface area contributed by atoms with Crippen LogP contribution in [-0.2, 0) is 24.0 Å². The molecule has 2 unspecified atom stereocenters. The summed E-state index contributed by atoms with van der Waals surface area (Å²) in [4.78, 5) is 86.9. The highest BCUT2D eigenvalue weighted by Gasteiger charge is 2.29. The number of hydrogen-bond donors (Lipinski definition) is 6. The van der Waals surface area contributed by atoms with Gasteiger partial charge in [0, 0.05) is 44.3 Å². The number of rotatable bonds is 17. The van der Waals surface area contributed by atoms with Gasteiger partial charge in [-0.3, -0.25) is 19.2 Å². The molecule has 43 heavy (non-hydrogen) atoms. The molecule has 0 fully saturated rings. The summed E-state index contributed by atoms with van der Waals surface area (Å²) in [6, 6.07) is -1.37. The zero-order valence-corrected chi connectivity index (χ0v) is 25.3. The predicted molar refractivity (Wildman–Crippen MR) is 155 cm³/mol. The number of aryl methyl sites for hydroxylation is 1. The number of thioether (sulfide) groups is 2. The highest BCUT2D eigenvalue weighted by atomic mass is 32.2. The van der Waals surface area contributed by atoms with Crippen molar-refractivity contribution in [2.75, 3.05) is 18.6 Å². The van der Waals surface area contributed by atoms with Gasteiger partial charge < -0.3 is 35.7 Å². The molecule has 0 aliphatic heterocycles. The molecular weight excluding hydrogens is 608 g/mol. The average molecular weight is 641 g/mol. The van der Waals surface area contributed by atoms with Crippen LogP contribution in [0.25, 0.3) is 0 Å². The zero-order chi connectivity index (χ0) is 32.3. The van der Waals surface area contributed by atoms with Gasteiger partial charge in [0.05, 0.1) is 29.5 Å². The molecule has 0 bridgehead atoms. The monoisotopic (exact) mass is 640 g/mol. The maximum absolute atomic E-state index is 13.5. The lowest BCUT2D eigenvalue weighted by Gasteiger charge is -2.21. The van der Waals surface area contributed by atoms with Crippen LogP contribution in [0.2, 0.25) is 0 Å². The number of aromatic amines is 1. The van der Waals surface area contributed by atoms with Crippen molar-refractivity contribution in [2.45, 2.75) is 56.2 Å². The first-order valence-corrected chi connectivity index (χ1v) is 14.7. The molecule has 0 aromatic carbocycles. The normalized spacial score (nSPS) is 13.7. The van der Waals surface area contributed by atoms with E-state index in [9.17, 15) is 44.1 Å². The van der Waals surface area contributed by atoms with Crippen LogP contribution >= 0.6 is 23.5 Å². The van der Waals surface area contributed by atoms with E-state index in [-0.39, 0.29) is 53.3 Å². The lowest BCUT2D eigenvalue weighted by Crippen LogP contribution is -2.41. The third kappa shape index (κ3) is 11.5. The maximum atomic E-state index is 13.5. The zero-order valence-electron chi connectivity index (χ0n) is 23.7. The van der Waals surface area contributed by atoms with E-state index in [0.717, 1.165) is 29.7 Å². The van der Waals surface area contributed by atoms with E-state index in [2.05, 4.69) is 30.6 Å². The van der Waals surface area contributed by atoms with E-state index >= 15 is 0 Å². The largest absolute Gasteiger partial charge is 0.502 e. The number of ether oxygens (including phenoxy) is 1. The fraction of sp³-hybridized carbons (Fsp3) is 0.480. The van der Waals surface area contributed by atoms with Crippen molar-refractivity contribution in [2.24, 2.45) is 0 Å². The second-order valence-electron chi connectivity index (χ2n) is 9.15. The molecule has 4 atom stereocenters. The smallest absolute Gasteiger partial charge is 0.327 e. The van der Waals surface area contributed by atoms with Gasteiger partial charge >= 0.3 is 11.9 Å². The highest BCUT2D eigenvalue weighted by Crippen LogP contribution is 2.37. The van der Waals surface area contributed by atoms with Gasteiger partial charge in [-0.05, 0) is 6.92 Å². The minimum absolute atomic E-state index is 0.0471. The molecule has 0 aliphatic carbocycles. The number of aromatic nitrogens is 4. The van der Waals surface area contributed by atoms with Gasteiger partial charge in [0.15, 0.2) is 5.75 Å². The molecule has 2 rings (SSSR count). The van der Waals surface area contributed by atoms with Crippen molar-refractivity contribution in [1.82, 2.24) is 30.6 Å².